The van der Waals surface area contributed by atoms with Crippen LogP contribution in [0.5, 0.6) is 0 Å². The third-order valence-corrected chi connectivity index (χ3v) is 4.58. The summed E-state index contributed by atoms with van der Waals surface area (Å²) in [6.45, 7) is 6.15. The van der Waals surface area contributed by atoms with Gasteiger partial charge in [-0.2, -0.15) is 5.10 Å². The van der Waals surface area contributed by atoms with Crippen LogP contribution in [0.25, 0.3) is 0 Å². The summed E-state index contributed by atoms with van der Waals surface area (Å²) in [4.78, 5) is 2.42. The molecule has 1 aromatic rings. The summed E-state index contributed by atoms with van der Waals surface area (Å²) in [6.07, 6.45) is 1.21. The normalized spacial score (nSPS) is 25.7. The molecule has 17 heavy (non-hydrogen) atoms. The van der Waals surface area contributed by atoms with Crippen LogP contribution in [0.3, 0.4) is 0 Å². The second-order valence-electron chi connectivity index (χ2n) is 4.93. The maximum absolute atomic E-state index is 6.28. The van der Waals surface area contributed by atoms with Gasteiger partial charge in [0.15, 0.2) is 0 Å². The van der Waals surface area contributed by atoms with E-state index < -0.39 is 0 Å². The number of likely N-dealkylation sites (tertiary alicyclic amines) is 1. The van der Waals surface area contributed by atoms with E-state index in [9.17, 15) is 0 Å². The number of aromatic nitrogens is 2. The number of rotatable bonds is 3. The van der Waals surface area contributed by atoms with Gasteiger partial charge in [-0.25, -0.2) is 0 Å². The van der Waals surface area contributed by atoms with E-state index in [4.69, 9.17) is 23.2 Å². The Morgan fingerprint density at radius 3 is 2.71 bits per heavy atom. The van der Waals surface area contributed by atoms with Gasteiger partial charge in [0, 0.05) is 25.5 Å². The molecule has 3 nitrogen and oxygen atoms in total. The van der Waals surface area contributed by atoms with E-state index in [2.05, 4.69) is 16.9 Å². The lowest BCUT2D eigenvalue weighted by Gasteiger charge is -2.24. The average Bonchev–Trinajstić information content (AvgIpc) is 2.75. The Kier molecular flexibility index (Phi) is 4.01. The zero-order valence-corrected chi connectivity index (χ0v) is 12.1. The molecule has 2 unspecified atom stereocenters. The maximum atomic E-state index is 6.28. The van der Waals surface area contributed by atoms with Gasteiger partial charge in [-0.1, -0.05) is 18.5 Å². The van der Waals surface area contributed by atoms with Gasteiger partial charge in [0.2, 0.25) is 0 Å². The number of nitrogens with zero attached hydrogens (tertiary/aromatic N) is 3. The first-order valence-corrected chi connectivity index (χ1v) is 6.93. The highest BCUT2D eigenvalue weighted by molar-refractivity contribution is 6.31. The molecule has 0 spiro atoms. The molecule has 0 amide bonds. The molecule has 2 rings (SSSR count). The standard InChI is InChI=1S/C12H19Cl2N3/c1-8-4-5-17(10(8)6-13)7-11-12(14)9(2)15-16(11)3/h8,10H,4-7H2,1-3H3. The van der Waals surface area contributed by atoms with E-state index in [1.807, 2.05) is 18.7 Å². The van der Waals surface area contributed by atoms with Crippen LogP contribution in [0, 0.1) is 12.8 Å². The smallest absolute Gasteiger partial charge is 0.0860 e. The minimum Gasteiger partial charge on any atom is -0.293 e. The van der Waals surface area contributed by atoms with Crippen LogP contribution in [-0.4, -0.2) is 33.1 Å². The fraction of sp³-hybridized carbons (Fsp3) is 0.750. The fourth-order valence-electron chi connectivity index (χ4n) is 2.58. The molecule has 1 aromatic heterocycles. The number of aryl methyl sites for hydroxylation is 2. The zero-order valence-electron chi connectivity index (χ0n) is 10.6. The predicted molar refractivity (Wildman–Crippen MR) is 71.7 cm³/mol. The Balaban J connectivity index is 2.15. The first-order chi connectivity index (χ1) is 8.04. The van der Waals surface area contributed by atoms with Crippen molar-refractivity contribution in [2.24, 2.45) is 13.0 Å². The summed E-state index contributed by atoms with van der Waals surface area (Å²) in [5.41, 5.74) is 1.99. The molecular formula is C12H19Cl2N3. The van der Waals surface area contributed by atoms with Crippen LogP contribution in [0.15, 0.2) is 0 Å². The van der Waals surface area contributed by atoms with Crippen molar-refractivity contribution in [3.8, 4) is 0 Å². The molecule has 0 saturated carbocycles. The third kappa shape index (κ3) is 2.47. The monoisotopic (exact) mass is 275 g/mol. The van der Waals surface area contributed by atoms with Crippen molar-refractivity contribution in [2.45, 2.75) is 32.9 Å². The van der Waals surface area contributed by atoms with Gasteiger partial charge in [-0.05, 0) is 25.8 Å². The average molecular weight is 276 g/mol. The molecule has 0 bridgehead atoms. The summed E-state index contributed by atoms with van der Waals surface area (Å²) in [6, 6.07) is 0.461. The topological polar surface area (TPSA) is 21.1 Å². The van der Waals surface area contributed by atoms with Gasteiger partial charge in [-0.3, -0.25) is 9.58 Å². The minimum atomic E-state index is 0.461. The summed E-state index contributed by atoms with van der Waals surface area (Å²) in [5, 5.41) is 5.14. The van der Waals surface area contributed by atoms with Crippen molar-refractivity contribution in [1.82, 2.24) is 14.7 Å². The summed E-state index contributed by atoms with van der Waals surface area (Å²) in [7, 11) is 1.95. The summed E-state index contributed by atoms with van der Waals surface area (Å²) < 4.78 is 1.88. The quantitative estimate of drug-likeness (QED) is 0.791. The van der Waals surface area contributed by atoms with Crippen molar-refractivity contribution in [2.75, 3.05) is 12.4 Å². The van der Waals surface area contributed by atoms with Gasteiger partial charge in [0.05, 0.1) is 16.4 Å². The second-order valence-corrected chi connectivity index (χ2v) is 5.61. The van der Waals surface area contributed by atoms with Crippen LogP contribution >= 0.6 is 23.2 Å². The minimum absolute atomic E-state index is 0.461. The van der Waals surface area contributed by atoms with Crippen molar-refractivity contribution >= 4 is 23.2 Å². The van der Waals surface area contributed by atoms with Crippen molar-refractivity contribution in [3.05, 3.63) is 16.4 Å². The molecule has 5 heteroatoms. The van der Waals surface area contributed by atoms with Gasteiger partial charge in [-0.15, -0.1) is 11.6 Å². The first-order valence-electron chi connectivity index (χ1n) is 6.02. The Morgan fingerprint density at radius 1 is 1.47 bits per heavy atom. The maximum Gasteiger partial charge on any atom is 0.0860 e. The molecule has 2 heterocycles. The van der Waals surface area contributed by atoms with E-state index in [1.54, 1.807) is 0 Å². The van der Waals surface area contributed by atoms with Crippen molar-refractivity contribution in [1.29, 1.82) is 0 Å². The summed E-state index contributed by atoms with van der Waals surface area (Å²) in [5.74, 6) is 1.36. The van der Waals surface area contributed by atoms with Crippen molar-refractivity contribution in [3.63, 3.8) is 0 Å². The first kappa shape index (κ1) is 13.2. The lowest BCUT2D eigenvalue weighted by atomic mass is 10.1. The van der Waals surface area contributed by atoms with E-state index in [0.717, 1.165) is 29.5 Å². The Morgan fingerprint density at radius 2 is 2.18 bits per heavy atom. The van der Waals surface area contributed by atoms with Crippen LogP contribution in [-0.2, 0) is 13.6 Å². The number of alkyl halides is 1. The van der Waals surface area contributed by atoms with Crippen molar-refractivity contribution < 1.29 is 0 Å². The molecule has 1 aliphatic rings. The Hall–Kier alpha value is -0.250. The van der Waals surface area contributed by atoms with Gasteiger partial charge >= 0.3 is 0 Å². The molecule has 2 atom stereocenters. The molecule has 0 N–H and O–H groups in total. The highest BCUT2D eigenvalue weighted by atomic mass is 35.5. The molecule has 1 fully saturated rings. The van der Waals surface area contributed by atoms with Gasteiger partial charge in [0.1, 0.15) is 0 Å². The third-order valence-electron chi connectivity index (χ3n) is 3.77. The van der Waals surface area contributed by atoms with E-state index in [-0.39, 0.29) is 0 Å². The number of hydrogen-bond acceptors (Lipinski definition) is 2. The number of halogens is 2. The zero-order chi connectivity index (χ0) is 12.6. The largest absolute Gasteiger partial charge is 0.293 e. The second kappa shape index (κ2) is 5.17. The lowest BCUT2D eigenvalue weighted by Crippen LogP contribution is -2.33. The Bertz CT molecular complexity index is 403. The van der Waals surface area contributed by atoms with E-state index in [0.29, 0.717) is 17.8 Å². The van der Waals surface area contributed by atoms with E-state index >= 15 is 0 Å². The molecule has 1 saturated heterocycles. The van der Waals surface area contributed by atoms with Crippen LogP contribution in [0.1, 0.15) is 24.7 Å². The summed E-state index contributed by atoms with van der Waals surface area (Å²) >= 11 is 12.3. The number of hydrogen-bond donors (Lipinski definition) is 0. The molecule has 96 valence electrons. The van der Waals surface area contributed by atoms with Crippen LogP contribution < -0.4 is 0 Å². The van der Waals surface area contributed by atoms with Crippen LogP contribution in [0.2, 0.25) is 5.02 Å². The van der Waals surface area contributed by atoms with Gasteiger partial charge in [0.25, 0.3) is 0 Å². The highest BCUT2D eigenvalue weighted by Crippen LogP contribution is 2.29. The Labute approximate surface area is 113 Å². The van der Waals surface area contributed by atoms with Gasteiger partial charge < -0.3 is 0 Å². The fourth-order valence-corrected chi connectivity index (χ4v) is 3.30. The predicted octanol–water partition coefficient (Wildman–Crippen LogP) is 2.83. The lowest BCUT2D eigenvalue weighted by molar-refractivity contribution is 0.236. The van der Waals surface area contributed by atoms with Crippen LogP contribution in [0.4, 0.5) is 0 Å². The SMILES string of the molecule is Cc1nn(C)c(CN2CCC(C)C2CCl)c1Cl. The van der Waals surface area contributed by atoms with E-state index in [1.165, 1.54) is 6.42 Å². The molecular weight excluding hydrogens is 257 g/mol. The molecule has 0 aromatic carbocycles. The molecule has 0 aliphatic carbocycles. The molecule has 0 radical (unpaired) electrons. The molecule has 1 aliphatic heterocycles. The highest BCUT2D eigenvalue weighted by Gasteiger charge is 2.31.